The first-order valence-corrected chi connectivity index (χ1v) is 7.28. The Morgan fingerprint density at radius 2 is 2.00 bits per heavy atom. The van der Waals surface area contributed by atoms with Gasteiger partial charge in [0.05, 0.1) is 11.3 Å². The van der Waals surface area contributed by atoms with Crippen molar-refractivity contribution in [3.63, 3.8) is 0 Å². The highest BCUT2D eigenvalue weighted by Gasteiger charge is 2.42. The summed E-state index contributed by atoms with van der Waals surface area (Å²) in [5, 5.41) is 2.90. The summed E-state index contributed by atoms with van der Waals surface area (Å²) in [7, 11) is 0. The van der Waals surface area contributed by atoms with Crippen LogP contribution in [0.5, 0.6) is 0 Å². The minimum Gasteiger partial charge on any atom is -0.338 e. The van der Waals surface area contributed by atoms with E-state index in [9.17, 15) is 9.59 Å². The van der Waals surface area contributed by atoms with Gasteiger partial charge in [0, 0.05) is 6.54 Å². The third-order valence-electron chi connectivity index (χ3n) is 4.39. The fraction of sp³-hybridized carbons (Fsp3) is 0.500. The Morgan fingerprint density at radius 3 is 2.65 bits per heavy atom. The first kappa shape index (κ1) is 13.2. The molecular formula is C16H20N2O2. The van der Waals surface area contributed by atoms with E-state index in [0.717, 1.165) is 12.2 Å². The van der Waals surface area contributed by atoms with Crippen molar-refractivity contribution in [1.82, 2.24) is 5.32 Å². The molecule has 0 bridgehead atoms. The lowest BCUT2D eigenvalue weighted by molar-refractivity contribution is -0.124. The Balaban J connectivity index is 2.08. The smallest absolute Gasteiger partial charge is 0.254 e. The molecule has 1 N–H and O–H groups in total. The predicted molar refractivity (Wildman–Crippen MR) is 77.7 cm³/mol. The van der Waals surface area contributed by atoms with Crippen LogP contribution in [0.25, 0.3) is 0 Å². The number of fused-ring (bicyclic) bond motifs is 1. The van der Waals surface area contributed by atoms with E-state index in [0.29, 0.717) is 17.9 Å². The molecule has 1 saturated carbocycles. The van der Waals surface area contributed by atoms with Crippen molar-refractivity contribution in [2.75, 3.05) is 11.4 Å². The highest BCUT2D eigenvalue weighted by molar-refractivity contribution is 6.12. The van der Waals surface area contributed by atoms with Crippen LogP contribution in [0.2, 0.25) is 0 Å². The quantitative estimate of drug-likeness (QED) is 0.918. The van der Waals surface area contributed by atoms with Crippen LogP contribution in [0.4, 0.5) is 5.69 Å². The van der Waals surface area contributed by atoms with Crippen LogP contribution in [-0.4, -0.2) is 23.9 Å². The lowest BCUT2D eigenvalue weighted by Crippen LogP contribution is -2.55. The van der Waals surface area contributed by atoms with E-state index in [1.807, 2.05) is 36.9 Å². The Bertz CT molecular complexity index is 565. The average molecular weight is 272 g/mol. The van der Waals surface area contributed by atoms with Crippen molar-refractivity contribution < 1.29 is 9.59 Å². The Labute approximate surface area is 119 Å². The fourth-order valence-corrected chi connectivity index (χ4v) is 2.66. The van der Waals surface area contributed by atoms with Gasteiger partial charge >= 0.3 is 0 Å². The van der Waals surface area contributed by atoms with Gasteiger partial charge in [0.1, 0.15) is 5.54 Å². The minimum absolute atomic E-state index is 0.00481. The molecule has 1 aliphatic heterocycles. The van der Waals surface area contributed by atoms with Crippen LogP contribution < -0.4 is 10.2 Å². The van der Waals surface area contributed by atoms with Gasteiger partial charge in [0.2, 0.25) is 0 Å². The maximum Gasteiger partial charge on any atom is 0.254 e. The lowest BCUT2D eigenvalue weighted by Gasteiger charge is -2.31. The normalized spacial score (nSPS) is 26.0. The number of rotatable bonds is 3. The molecule has 1 aromatic rings. The van der Waals surface area contributed by atoms with E-state index in [1.54, 1.807) is 6.07 Å². The topological polar surface area (TPSA) is 49.4 Å². The third-order valence-corrected chi connectivity index (χ3v) is 4.39. The molecule has 1 atom stereocenters. The monoisotopic (exact) mass is 272 g/mol. The van der Waals surface area contributed by atoms with Crippen molar-refractivity contribution in [3.05, 3.63) is 29.8 Å². The van der Waals surface area contributed by atoms with E-state index < -0.39 is 5.54 Å². The van der Waals surface area contributed by atoms with Crippen molar-refractivity contribution in [2.24, 2.45) is 5.92 Å². The summed E-state index contributed by atoms with van der Waals surface area (Å²) >= 11 is 0. The number of amides is 2. The summed E-state index contributed by atoms with van der Waals surface area (Å²) < 4.78 is 0. The predicted octanol–water partition coefficient (Wildman–Crippen LogP) is 2.34. The maximum atomic E-state index is 12.9. The van der Waals surface area contributed by atoms with E-state index in [2.05, 4.69) is 5.32 Å². The molecule has 0 spiro atoms. The molecule has 20 heavy (non-hydrogen) atoms. The van der Waals surface area contributed by atoms with Crippen molar-refractivity contribution in [1.29, 1.82) is 0 Å². The summed E-state index contributed by atoms with van der Waals surface area (Å²) in [5.41, 5.74) is 0.531. The molecule has 3 rings (SSSR count). The molecule has 1 aromatic carbocycles. The number of anilines is 1. The van der Waals surface area contributed by atoms with E-state index in [4.69, 9.17) is 0 Å². The summed E-state index contributed by atoms with van der Waals surface area (Å²) in [6.07, 6.45) is 2.94. The number of carbonyl (C=O) groups excluding carboxylic acids is 2. The van der Waals surface area contributed by atoms with Gasteiger partial charge in [-0.05, 0) is 44.2 Å². The summed E-state index contributed by atoms with van der Waals surface area (Å²) in [5.74, 6) is 0.433. The molecule has 106 valence electrons. The zero-order chi connectivity index (χ0) is 14.3. The Hall–Kier alpha value is -1.84. The highest BCUT2D eigenvalue weighted by Crippen LogP contribution is 2.35. The van der Waals surface area contributed by atoms with Crippen LogP contribution in [0.15, 0.2) is 24.3 Å². The Kier molecular flexibility index (Phi) is 3.04. The number of carbonyl (C=O) groups is 2. The SMILES string of the molecule is CCC1(C)NC(=O)c2ccccc2N(CC2CC2)C1=O. The first-order valence-electron chi connectivity index (χ1n) is 7.28. The molecular weight excluding hydrogens is 252 g/mol. The fourth-order valence-electron chi connectivity index (χ4n) is 2.66. The van der Waals surface area contributed by atoms with E-state index >= 15 is 0 Å². The van der Waals surface area contributed by atoms with Crippen molar-refractivity contribution in [3.8, 4) is 0 Å². The van der Waals surface area contributed by atoms with Gasteiger partial charge in [-0.2, -0.15) is 0 Å². The van der Waals surface area contributed by atoms with E-state index in [1.165, 1.54) is 12.8 Å². The van der Waals surface area contributed by atoms with E-state index in [-0.39, 0.29) is 11.8 Å². The molecule has 1 unspecified atom stereocenters. The van der Waals surface area contributed by atoms with Crippen molar-refractivity contribution >= 4 is 17.5 Å². The summed E-state index contributed by atoms with van der Waals surface area (Å²) in [6, 6.07) is 7.39. The molecule has 2 amide bonds. The molecule has 1 aliphatic carbocycles. The minimum atomic E-state index is -0.814. The Morgan fingerprint density at radius 1 is 1.30 bits per heavy atom. The van der Waals surface area contributed by atoms with Gasteiger partial charge < -0.3 is 10.2 Å². The molecule has 4 heteroatoms. The number of benzene rings is 1. The molecule has 2 aliphatic rings. The second-order valence-corrected chi connectivity index (χ2v) is 6.02. The number of nitrogens with one attached hydrogen (secondary N) is 1. The molecule has 1 heterocycles. The highest BCUT2D eigenvalue weighted by atomic mass is 16.2. The lowest BCUT2D eigenvalue weighted by atomic mass is 9.97. The second kappa shape index (κ2) is 4.62. The maximum absolute atomic E-state index is 12.9. The van der Waals surface area contributed by atoms with Crippen LogP contribution >= 0.6 is 0 Å². The van der Waals surface area contributed by atoms with Crippen LogP contribution in [-0.2, 0) is 4.79 Å². The number of para-hydroxylation sites is 1. The van der Waals surface area contributed by atoms with Gasteiger partial charge in [-0.3, -0.25) is 9.59 Å². The summed E-state index contributed by atoms with van der Waals surface area (Å²) in [4.78, 5) is 27.1. The molecule has 1 fully saturated rings. The first-order chi connectivity index (χ1) is 9.55. The molecule has 0 radical (unpaired) electrons. The zero-order valence-electron chi connectivity index (χ0n) is 12.0. The van der Waals surface area contributed by atoms with Crippen LogP contribution in [0.1, 0.15) is 43.5 Å². The van der Waals surface area contributed by atoms with Crippen molar-refractivity contribution in [2.45, 2.75) is 38.6 Å². The number of hydrogen-bond acceptors (Lipinski definition) is 2. The van der Waals surface area contributed by atoms with Crippen LogP contribution in [0.3, 0.4) is 0 Å². The van der Waals surface area contributed by atoms with Gasteiger partial charge in [-0.25, -0.2) is 0 Å². The largest absolute Gasteiger partial charge is 0.338 e. The molecule has 0 saturated heterocycles. The molecule has 0 aromatic heterocycles. The average Bonchev–Trinajstić information content (AvgIpc) is 3.27. The zero-order valence-corrected chi connectivity index (χ0v) is 12.0. The molecule has 4 nitrogen and oxygen atoms in total. The third kappa shape index (κ3) is 2.09. The van der Waals surface area contributed by atoms with Gasteiger partial charge in [-0.1, -0.05) is 19.1 Å². The van der Waals surface area contributed by atoms with Gasteiger partial charge in [0.25, 0.3) is 11.8 Å². The van der Waals surface area contributed by atoms with Gasteiger partial charge in [0.15, 0.2) is 0 Å². The standard InChI is InChI=1S/C16H20N2O2/c1-3-16(2)15(20)18(10-11-8-9-11)13-7-5-4-6-12(13)14(19)17-16/h4-7,11H,3,8-10H2,1-2H3,(H,17,19). The van der Waals surface area contributed by atoms with Gasteiger partial charge in [-0.15, -0.1) is 0 Å². The number of hydrogen-bond donors (Lipinski definition) is 1. The second-order valence-electron chi connectivity index (χ2n) is 6.02. The number of nitrogens with zero attached hydrogens (tertiary/aromatic N) is 1. The summed E-state index contributed by atoms with van der Waals surface area (Å²) in [6.45, 7) is 4.48. The van der Waals surface area contributed by atoms with Crippen LogP contribution in [0, 0.1) is 5.92 Å².